The van der Waals surface area contributed by atoms with Crippen molar-refractivity contribution in [2.24, 2.45) is 0 Å². The summed E-state index contributed by atoms with van der Waals surface area (Å²) in [4.78, 5) is 19.2. The van der Waals surface area contributed by atoms with Crippen molar-refractivity contribution in [2.75, 3.05) is 20.6 Å². The van der Waals surface area contributed by atoms with Gasteiger partial charge in [-0.2, -0.15) is 0 Å². The van der Waals surface area contributed by atoms with Crippen LogP contribution in [-0.4, -0.2) is 36.4 Å². The third-order valence-electron chi connectivity index (χ3n) is 4.22. The molecule has 0 bridgehead atoms. The van der Waals surface area contributed by atoms with Crippen LogP contribution in [0.2, 0.25) is 0 Å². The second kappa shape index (κ2) is 9.48. The summed E-state index contributed by atoms with van der Waals surface area (Å²) in [5.74, 6) is 0.618. The van der Waals surface area contributed by atoms with E-state index in [1.807, 2.05) is 68.9 Å². The first-order valence-corrected chi connectivity index (χ1v) is 10.0. The number of carbonyl (C=O) groups excluding carboxylic acids is 1. The molecule has 0 saturated carbocycles. The summed E-state index contributed by atoms with van der Waals surface area (Å²) >= 11 is 1.61. The Morgan fingerprint density at radius 2 is 1.86 bits per heavy atom. The highest BCUT2D eigenvalue weighted by Crippen LogP contribution is 2.18. The van der Waals surface area contributed by atoms with Gasteiger partial charge in [-0.1, -0.05) is 30.3 Å². The minimum absolute atomic E-state index is 0.0764. The molecule has 0 aliphatic carbocycles. The summed E-state index contributed by atoms with van der Waals surface area (Å²) in [5, 5.41) is 6.15. The number of amides is 1. The Kier molecular flexibility index (Phi) is 6.79. The fraction of sp³-hybridized carbons (Fsp3) is 0.273. The molecule has 1 heterocycles. The van der Waals surface area contributed by atoms with Crippen molar-refractivity contribution in [3.63, 3.8) is 0 Å². The van der Waals surface area contributed by atoms with Crippen molar-refractivity contribution < 1.29 is 9.53 Å². The van der Waals surface area contributed by atoms with E-state index < -0.39 is 0 Å². The first kappa shape index (κ1) is 20.0. The fourth-order valence-corrected chi connectivity index (χ4v) is 3.46. The first-order chi connectivity index (χ1) is 13.5. The zero-order valence-corrected chi connectivity index (χ0v) is 17.2. The van der Waals surface area contributed by atoms with E-state index in [1.54, 1.807) is 23.5 Å². The third kappa shape index (κ3) is 5.65. The largest absolute Gasteiger partial charge is 0.487 e. The third-order valence-corrected chi connectivity index (χ3v) is 5.05. The molecule has 0 aliphatic heterocycles. The quantitative estimate of drug-likeness (QED) is 0.625. The molecule has 1 atom stereocenters. The van der Waals surface area contributed by atoms with E-state index >= 15 is 0 Å². The van der Waals surface area contributed by atoms with Crippen molar-refractivity contribution >= 4 is 17.2 Å². The minimum Gasteiger partial charge on any atom is -0.487 e. The maximum atomic E-state index is 12.7. The molecule has 3 rings (SSSR count). The number of nitrogens with zero attached hydrogens (tertiary/aromatic N) is 2. The van der Waals surface area contributed by atoms with E-state index in [0.717, 1.165) is 28.6 Å². The topological polar surface area (TPSA) is 54.5 Å². The number of carbonyl (C=O) groups is 1. The Morgan fingerprint density at radius 1 is 1.14 bits per heavy atom. The summed E-state index contributed by atoms with van der Waals surface area (Å²) in [5.41, 5.74) is 2.61. The van der Waals surface area contributed by atoms with Crippen LogP contribution in [-0.2, 0) is 6.61 Å². The van der Waals surface area contributed by atoms with Crippen molar-refractivity contribution in [3.8, 4) is 5.75 Å². The lowest BCUT2D eigenvalue weighted by Gasteiger charge is -2.23. The number of thiazole rings is 1. The van der Waals surface area contributed by atoms with Crippen molar-refractivity contribution in [1.29, 1.82) is 0 Å². The van der Waals surface area contributed by atoms with E-state index in [-0.39, 0.29) is 11.9 Å². The van der Waals surface area contributed by atoms with Gasteiger partial charge in [0.15, 0.2) is 0 Å². The van der Waals surface area contributed by atoms with Gasteiger partial charge in [-0.25, -0.2) is 4.98 Å². The Bertz CT molecular complexity index is 892. The molecule has 1 amide bonds. The van der Waals surface area contributed by atoms with Gasteiger partial charge in [0.2, 0.25) is 0 Å². The number of ether oxygens (including phenoxy) is 1. The van der Waals surface area contributed by atoms with Crippen molar-refractivity contribution in [1.82, 2.24) is 15.2 Å². The number of likely N-dealkylation sites (N-methyl/N-ethyl adjacent to an activating group) is 1. The molecule has 6 heteroatoms. The van der Waals surface area contributed by atoms with Crippen LogP contribution < -0.4 is 10.1 Å². The van der Waals surface area contributed by atoms with Crippen LogP contribution in [0.4, 0.5) is 0 Å². The van der Waals surface area contributed by atoms with E-state index in [2.05, 4.69) is 15.2 Å². The van der Waals surface area contributed by atoms with Crippen LogP contribution in [0, 0.1) is 6.92 Å². The van der Waals surface area contributed by atoms with Gasteiger partial charge in [0.25, 0.3) is 5.91 Å². The van der Waals surface area contributed by atoms with Gasteiger partial charge in [0.05, 0.1) is 16.7 Å². The lowest BCUT2D eigenvalue weighted by atomic mass is 10.1. The molecule has 5 nitrogen and oxygen atoms in total. The van der Waals surface area contributed by atoms with Gasteiger partial charge in [-0.05, 0) is 50.8 Å². The second-order valence-corrected chi connectivity index (χ2v) is 7.93. The van der Waals surface area contributed by atoms with Crippen LogP contribution in [0.25, 0.3) is 0 Å². The van der Waals surface area contributed by atoms with E-state index in [9.17, 15) is 4.79 Å². The monoisotopic (exact) mass is 395 g/mol. The molecule has 0 aliphatic rings. The van der Waals surface area contributed by atoms with Gasteiger partial charge in [0.1, 0.15) is 12.4 Å². The summed E-state index contributed by atoms with van der Waals surface area (Å²) in [6.07, 6.45) is 0. The number of rotatable bonds is 8. The van der Waals surface area contributed by atoms with Crippen LogP contribution in [0.3, 0.4) is 0 Å². The van der Waals surface area contributed by atoms with Crippen molar-refractivity contribution in [3.05, 3.63) is 81.8 Å². The maximum absolute atomic E-state index is 12.7. The van der Waals surface area contributed by atoms with E-state index in [1.165, 1.54) is 0 Å². The summed E-state index contributed by atoms with van der Waals surface area (Å²) in [6, 6.07) is 17.1. The number of nitrogens with one attached hydrogen (secondary N) is 1. The average Bonchev–Trinajstić information content (AvgIpc) is 3.12. The van der Waals surface area contributed by atoms with Gasteiger partial charge in [-0.15, -0.1) is 11.3 Å². The lowest BCUT2D eigenvalue weighted by Crippen LogP contribution is -2.35. The molecule has 0 fully saturated rings. The minimum atomic E-state index is -0.0996. The molecule has 0 unspecified atom stereocenters. The predicted molar refractivity (Wildman–Crippen MR) is 113 cm³/mol. The van der Waals surface area contributed by atoms with Crippen LogP contribution in [0.1, 0.15) is 32.7 Å². The molecule has 0 saturated heterocycles. The molecular formula is C22H25N3O2S. The Labute approximate surface area is 170 Å². The Morgan fingerprint density at radius 3 is 2.46 bits per heavy atom. The zero-order valence-electron chi connectivity index (χ0n) is 16.4. The van der Waals surface area contributed by atoms with Gasteiger partial charge < -0.3 is 15.0 Å². The molecule has 3 aromatic rings. The van der Waals surface area contributed by atoms with Crippen LogP contribution in [0.15, 0.2) is 60.0 Å². The molecule has 1 N–H and O–H groups in total. The van der Waals surface area contributed by atoms with Gasteiger partial charge in [0, 0.05) is 17.5 Å². The SMILES string of the molecule is Cc1nc(COc2ccc(C(=O)N[C@@H](CN(C)C)c3ccccc3)cc2)cs1. The summed E-state index contributed by atoms with van der Waals surface area (Å²) in [6.45, 7) is 3.12. The second-order valence-electron chi connectivity index (χ2n) is 6.87. The molecule has 146 valence electrons. The number of hydrogen-bond donors (Lipinski definition) is 1. The van der Waals surface area contributed by atoms with Crippen LogP contribution in [0.5, 0.6) is 5.75 Å². The molecule has 0 radical (unpaired) electrons. The summed E-state index contributed by atoms with van der Waals surface area (Å²) < 4.78 is 5.75. The standard InChI is InChI=1S/C22H25N3O2S/c1-16-23-19(15-28-16)14-27-20-11-9-18(10-12-20)22(26)24-21(13-25(2)3)17-7-5-4-6-8-17/h4-12,15,21H,13-14H2,1-3H3,(H,24,26)/t21-/m0/s1. The average molecular weight is 396 g/mol. The molecule has 2 aromatic carbocycles. The number of aromatic nitrogens is 1. The number of aryl methyl sites for hydroxylation is 1. The van der Waals surface area contributed by atoms with E-state index in [4.69, 9.17) is 4.74 Å². The van der Waals surface area contributed by atoms with E-state index in [0.29, 0.717) is 12.2 Å². The fourth-order valence-electron chi connectivity index (χ4n) is 2.86. The molecule has 0 spiro atoms. The maximum Gasteiger partial charge on any atom is 0.251 e. The Hall–Kier alpha value is -2.70. The highest BCUT2D eigenvalue weighted by atomic mass is 32.1. The number of benzene rings is 2. The zero-order chi connectivity index (χ0) is 19.9. The summed E-state index contributed by atoms with van der Waals surface area (Å²) in [7, 11) is 4.00. The highest BCUT2D eigenvalue weighted by molar-refractivity contribution is 7.09. The Balaban J connectivity index is 1.62. The molecular weight excluding hydrogens is 370 g/mol. The predicted octanol–water partition coefficient (Wildman–Crippen LogP) is 4.06. The molecule has 1 aromatic heterocycles. The van der Waals surface area contributed by atoms with Crippen molar-refractivity contribution in [2.45, 2.75) is 19.6 Å². The lowest BCUT2D eigenvalue weighted by molar-refractivity contribution is 0.0930. The number of hydrogen-bond acceptors (Lipinski definition) is 5. The highest BCUT2D eigenvalue weighted by Gasteiger charge is 2.16. The van der Waals surface area contributed by atoms with Crippen LogP contribution >= 0.6 is 11.3 Å². The smallest absolute Gasteiger partial charge is 0.251 e. The normalized spacial score (nSPS) is 12.0. The van der Waals surface area contributed by atoms with Gasteiger partial charge >= 0.3 is 0 Å². The first-order valence-electron chi connectivity index (χ1n) is 9.15. The van der Waals surface area contributed by atoms with Gasteiger partial charge in [-0.3, -0.25) is 4.79 Å². The molecule has 28 heavy (non-hydrogen) atoms.